The van der Waals surface area contributed by atoms with Gasteiger partial charge in [-0.2, -0.15) is 0 Å². The molecule has 22 heavy (non-hydrogen) atoms. The Bertz CT molecular complexity index is 481. The molecule has 0 aliphatic carbocycles. The number of carbonyl (C=O) groups is 2. The number of unbranched alkanes of at least 4 members (excludes halogenated alkanes) is 1. The average Bonchev–Trinajstić information content (AvgIpc) is 2.52. The maximum atomic E-state index is 12.3. The monoisotopic (exact) mass is 308 g/mol. The lowest BCUT2D eigenvalue weighted by molar-refractivity contribution is -0.149. The van der Waals surface area contributed by atoms with E-state index in [9.17, 15) is 14.7 Å². The molecule has 1 rings (SSSR count). The predicted molar refractivity (Wildman–Crippen MR) is 83.0 cm³/mol. The second kappa shape index (κ2) is 9.11. The van der Waals surface area contributed by atoms with Gasteiger partial charge in [-0.25, -0.2) is 4.79 Å². The van der Waals surface area contributed by atoms with E-state index in [1.165, 1.54) is 11.9 Å². The van der Waals surface area contributed by atoms with Gasteiger partial charge >= 0.3 is 5.97 Å². The zero-order valence-corrected chi connectivity index (χ0v) is 12.8. The van der Waals surface area contributed by atoms with Gasteiger partial charge in [-0.05, 0) is 37.1 Å². The largest absolute Gasteiger partial charge is 0.480 e. The number of carbonyl (C=O) groups excluding carboxylic acids is 1. The lowest BCUT2D eigenvalue weighted by Gasteiger charge is -2.27. The Morgan fingerprint density at radius 3 is 2.50 bits per heavy atom. The molecular formula is C15H24N4O3. The lowest BCUT2D eigenvalue weighted by Crippen LogP contribution is -2.50. The van der Waals surface area contributed by atoms with E-state index in [0.29, 0.717) is 13.0 Å². The standard InChI is InChI=1S/C15H24N4O3/c1-19(14(20)12(17)4-2-3-7-16)13(15(21)22)10-11-5-8-18-9-6-11/h5-6,8-9,12-13H,2-4,7,10,16-17H2,1H3,(H,21,22)/t12-,13-/m0/s1. The van der Waals surface area contributed by atoms with Crippen molar-refractivity contribution in [2.75, 3.05) is 13.6 Å². The summed E-state index contributed by atoms with van der Waals surface area (Å²) in [6, 6.07) is 1.82. The number of pyridine rings is 1. The molecule has 0 fully saturated rings. The fourth-order valence-corrected chi connectivity index (χ4v) is 2.18. The Balaban J connectivity index is 2.70. The predicted octanol–water partition coefficient (Wildman–Crippen LogP) is -0.00800. The first-order chi connectivity index (χ1) is 10.5. The molecular weight excluding hydrogens is 284 g/mol. The van der Waals surface area contributed by atoms with Crippen molar-refractivity contribution >= 4 is 11.9 Å². The van der Waals surface area contributed by atoms with Gasteiger partial charge in [0.25, 0.3) is 0 Å². The number of nitrogens with two attached hydrogens (primary N) is 2. The van der Waals surface area contributed by atoms with E-state index < -0.39 is 18.1 Å². The molecule has 2 atom stereocenters. The van der Waals surface area contributed by atoms with Gasteiger partial charge in [0.1, 0.15) is 6.04 Å². The smallest absolute Gasteiger partial charge is 0.326 e. The number of carboxylic acids is 1. The number of likely N-dealkylation sites (N-methyl/N-ethyl adjacent to an activating group) is 1. The van der Waals surface area contributed by atoms with Crippen LogP contribution in [0.1, 0.15) is 24.8 Å². The van der Waals surface area contributed by atoms with Crippen molar-refractivity contribution in [3.63, 3.8) is 0 Å². The van der Waals surface area contributed by atoms with Crippen molar-refractivity contribution < 1.29 is 14.7 Å². The Kier molecular flexibility index (Phi) is 7.48. The summed E-state index contributed by atoms with van der Waals surface area (Å²) >= 11 is 0. The van der Waals surface area contributed by atoms with Crippen LogP contribution in [0, 0.1) is 0 Å². The summed E-state index contributed by atoms with van der Waals surface area (Å²) in [6.45, 7) is 0.552. The number of carboxylic acid groups (broad SMARTS) is 1. The van der Waals surface area contributed by atoms with Gasteiger partial charge in [-0.1, -0.05) is 6.42 Å². The molecule has 1 heterocycles. The SMILES string of the molecule is CN(C(=O)[C@@H](N)CCCCN)[C@@H](Cc1ccncc1)C(=O)O. The maximum Gasteiger partial charge on any atom is 0.326 e. The highest BCUT2D eigenvalue weighted by Gasteiger charge is 2.29. The third-order valence-corrected chi connectivity index (χ3v) is 3.57. The first kappa shape index (κ1) is 18.1. The number of aliphatic carboxylic acids is 1. The van der Waals surface area contributed by atoms with Gasteiger partial charge in [0.15, 0.2) is 0 Å². The van der Waals surface area contributed by atoms with Gasteiger partial charge in [-0.15, -0.1) is 0 Å². The first-order valence-electron chi connectivity index (χ1n) is 7.31. The number of nitrogens with zero attached hydrogens (tertiary/aromatic N) is 2. The third-order valence-electron chi connectivity index (χ3n) is 3.57. The van der Waals surface area contributed by atoms with E-state index in [-0.39, 0.29) is 12.3 Å². The fraction of sp³-hybridized carbons (Fsp3) is 0.533. The Morgan fingerprint density at radius 2 is 1.95 bits per heavy atom. The summed E-state index contributed by atoms with van der Waals surface area (Å²) in [4.78, 5) is 28.8. The number of hydrogen-bond acceptors (Lipinski definition) is 5. The molecule has 0 aliphatic rings. The highest BCUT2D eigenvalue weighted by atomic mass is 16.4. The molecule has 7 nitrogen and oxygen atoms in total. The average molecular weight is 308 g/mol. The van der Waals surface area contributed by atoms with Gasteiger partial charge < -0.3 is 21.5 Å². The molecule has 0 unspecified atom stereocenters. The van der Waals surface area contributed by atoms with Crippen LogP contribution in [0.15, 0.2) is 24.5 Å². The van der Waals surface area contributed by atoms with Crippen molar-refractivity contribution in [3.05, 3.63) is 30.1 Å². The normalized spacial score (nSPS) is 13.4. The van der Waals surface area contributed by atoms with Crippen LogP contribution in [-0.2, 0) is 16.0 Å². The van der Waals surface area contributed by atoms with Crippen LogP contribution in [0.2, 0.25) is 0 Å². The molecule has 122 valence electrons. The minimum absolute atomic E-state index is 0.218. The highest BCUT2D eigenvalue weighted by molar-refractivity contribution is 5.86. The van der Waals surface area contributed by atoms with Crippen LogP contribution in [0.5, 0.6) is 0 Å². The molecule has 5 N–H and O–H groups in total. The zero-order chi connectivity index (χ0) is 16.5. The summed E-state index contributed by atoms with van der Waals surface area (Å²) in [5.74, 6) is -1.42. The van der Waals surface area contributed by atoms with Crippen LogP contribution in [0.4, 0.5) is 0 Å². The van der Waals surface area contributed by atoms with E-state index in [0.717, 1.165) is 18.4 Å². The molecule has 0 radical (unpaired) electrons. The molecule has 0 aliphatic heterocycles. The van der Waals surface area contributed by atoms with Crippen LogP contribution >= 0.6 is 0 Å². The Morgan fingerprint density at radius 1 is 1.32 bits per heavy atom. The molecule has 1 amide bonds. The number of rotatable bonds is 9. The van der Waals surface area contributed by atoms with Gasteiger partial charge in [-0.3, -0.25) is 9.78 Å². The molecule has 0 bridgehead atoms. The minimum atomic E-state index is -1.05. The molecule has 0 spiro atoms. The van der Waals surface area contributed by atoms with Gasteiger partial charge in [0, 0.05) is 25.9 Å². The first-order valence-corrected chi connectivity index (χ1v) is 7.31. The molecule has 0 saturated carbocycles. The summed E-state index contributed by atoms with van der Waals surface area (Å²) < 4.78 is 0. The van der Waals surface area contributed by atoms with Crippen LogP contribution in [0.3, 0.4) is 0 Å². The molecule has 7 heteroatoms. The number of aromatic nitrogens is 1. The fourth-order valence-electron chi connectivity index (χ4n) is 2.18. The molecule has 1 aromatic rings. The summed E-state index contributed by atoms with van der Waals surface area (Å²) in [6.07, 6.45) is 5.45. The van der Waals surface area contributed by atoms with Crippen molar-refractivity contribution in [1.82, 2.24) is 9.88 Å². The number of amides is 1. The van der Waals surface area contributed by atoms with E-state index in [4.69, 9.17) is 11.5 Å². The zero-order valence-electron chi connectivity index (χ0n) is 12.8. The van der Waals surface area contributed by atoms with Gasteiger partial charge in [0.2, 0.25) is 5.91 Å². The summed E-state index contributed by atoms with van der Waals surface area (Å²) in [5.41, 5.74) is 12.1. The highest BCUT2D eigenvalue weighted by Crippen LogP contribution is 2.10. The van der Waals surface area contributed by atoms with E-state index in [1.807, 2.05) is 0 Å². The van der Waals surface area contributed by atoms with E-state index in [1.54, 1.807) is 24.5 Å². The second-order valence-electron chi connectivity index (χ2n) is 5.25. The second-order valence-corrected chi connectivity index (χ2v) is 5.25. The third kappa shape index (κ3) is 5.42. The Labute approximate surface area is 130 Å². The minimum Gasteiger partial charge on any atom is -0.480 e. The molecule has 0 aromatic carbocycles. The van der Waals surface area contributed by atoms with Crippen molar-refractivity contribution in [1.29, 1.82) is 0 Å². The van der Waals surface area contributed by atoms with Crippen LogP contribution in [0.25, 0.3) is 0 Å². The van der Waals surface area contributed by atoms with E-state index in [2.05, 4.69) is 4.98 Å². The number of hydrogen-bond donors (Lipinski definition) is 3. The maximum absolute atomic E-state index is 12.3. The van der Waals surface area contributed by atoms with Crippen LogP contribution < -0.4 is 11.5 Å². The van der Waals surface area contributed by atoms with Crippen LogP contribution in [-0.4, -0.2) is 52.5 Å². The quantitative estimate of drug-likeness (QED) is 0.552. The molecule has 1 aromatic heterocycles. The van der Waals surface area contributed by atoms with Crippen molar-refractivity contribution in [2.45, 2.75) is 37.8 Å². The van der Waals surface area contributed by atoms with Gasteiger partial charge in [0.05, 0.1) is 6.04 Å². The lowest BCUT2D eigenvalue weighted by atomic mass is 10.0. The summed E-state index contributed by atoms with van der Waals surface area (Å²) in [7, 11) is 1.48. The summed E-state index contributed by atoms with van der Waals surface area (Å²) in [5, 5.41) is 9.38. The topological polar surface area (TPSA) is 123 Å². The Hall–Kier alpha value is -1.99. The van der Waals surface area contributed by atoms with Crippen molar-refractivity contribution in [2.24, 2.45) is 11.5 Å². The molecule has 0 saturated heterocycles. The van der Waals surface area contributed by atoms with Crippen molar-refractivity contribution in [3.8, 4) is 0 Å². The van der Waals surface area contributed by atoms with E-state index >= 15 is 0 Å².